The molecular weight excluding hydrogens is 124 g/mol. The topological polar surface area (TPSA) is 35.8 Å². The van der Waals surface area contributed by atoms with Crippen LogP contribution in [0.1, 0.15) is 27.2 Å². The first kappa shape index (κ1) is 9.45. The van der Waals surface area contributed by atoms with E-state index in [-0.39, 0.29) is 5.41 Å². The van der Waals surface area contributed by atoms with Gasteiger partial charge in [-0.1, -0.05) is 6.92 Å². The minimum Gasteiger partial charge on any atom is -0.315 e. The second kappa shape index (κ2) is 4.29. The van der Waals surface area contributed by atoms with E-state index in [0.717, 1.165) is 19.5 Å². The average molecular weight is 140 g/mol. The molecule has 0 aliphatic heterocycles. The molecule has 0 bridgehead atoms. The molecule has 0 heterocycles. The molecular formula is C8H16N2. The highest BCUT2D eigenvalue weighted by atomic mass is 14.9. The van der Waals surface area contributed by atoms with E-state index >= 15 is 0 Å². The number of nitrogens with zero attached hydrogens (tertiary/aromatic N) is 1. The first-order valence-electron chi connectivity index (χ1n) is 3.74. The third-order valence-electron chi connectivity index (χ3n) is 1.30. The van der Waals surface area contributed by atoms with Crippen molar-refractivity contribution < 1.29 is 0 Å². The molecule has 2 heteroatoms. The van der Waals surface area contributed by atoms with Gasteiger partial charge in [-0.25, -0.2) is 0 Å². The normalized spacial score (nSPS) is 11.0. The van der Waals surface area contributed by atoms with Gasteiger partial charge in [0.05, 0.1) is 11.5 Å². The van der Waals surface area contributed by atoms with E-state index in [2.05, 4.69) is 18.3 Å². The van der Waals surface area contributed by atoms with Gasteiger partial charge in [-0.2, -0.15) is 5.26 Å². The predicted molar refractivity (Wildman–Crippen MR) is 42.6 cm³/mol. The first-order chi connectivity index (χ1) is 4.62. The molecule has 0 rings (SSSR count). The maximum Gasteiger partial charge on any atom is 0.0697 e. The van der Waals surface area contributed by atoms with Gasteiger partial charge in [0.2, 0.25) is 0 Å². The Morgan fingerprint density at radius 2 is 2.10 bits per heavy atom. The van der Waals surface area contributed by atoms with Crippen molar-refractivity contribution in [3.63, 3.8) is 0 Å². The van der Waals surface area contributed by atoms with E-state index in [1.807, 2.05) is 13.8 Å². The summed E-state index contributed by atoms with van der Waals surface area (Å²) in [6.45, 7) is 7.79. The van der Waals surface area contributed by atoms with Gasteiger partial charge in [-0.15, -0.1) is 0 Å². The van der Waals surface area contributed by atoms with Crippen molar-refractivity contribution in [2.75, 3.05) is 13.1 Å². The SMILES string of the molecule is CCCNCC(C)(C)C#N. The molecule has 0 saturated heterocycles. The van der Waals surface area contributed by atoms with Crippen molar-refractivity contribution in [1.82, 2.24) is 5.32 Å². The number of nitrogens with one attached hydrogen (secondary N) is 1. The summed E-state index contributed by atoms with van der Waals surface area (Å²) >= 11 is 0. The number of hydrogen-bond acceptors (Lipinski definition) is 2. The summed E-state index contributed by atoms with van der Waals surface area (Å²) in [5.41, 5.74) is -0.213. The summed E-state index contributed by atoms with van der Waals surface area (Å²) in [5, 5.41) is 11.8. The van der Waals surface area contributed by atoms with Crippen molar-refractivity contribution in [2.24, 2.45) is 5.41 Å². The third-order valence-corrected chi connectivity index (χ3v) is 1.30. The summed E-state index contributed by atoms with van der Waals surface area (Å²) in [6.07, 6.45) is 1.13. The molecule has 10 heavy (non-hydrogen) atoms. The molecule has 0 aromatic heterocycles. The fourth-order valence-electron chi connectivity index (χ4n) is 0.617. The smallest absolute Gasteiger partial charge is 0.0697 e. The minimum atomic E-state index is -0.213. The molecule has 1 N–H and O–H groups in total. The van der Waals surface area contributed by atoms with E-state index in [1.54, 1.807) is 0 Å². The first-order valence-corrected chi connectivity index (χ1v) is 3.74. The van der Waals surface area contributed by atoms with Crippen LogP contribution in [0.5, 0.6) is 0 Å². The Hall–Kier alpha value is -0.550. The number of rotatable bonds is 4. The van der Waals surface area contributed by atoms with E-state index in [0.29, 0.717) is 0 Å². The Labute approximate surface area is 63.2 Å². The molecule has 0 amide bonds. The molecule has 0 atom stereocenters. The van der Waals surface area contributed by atoms with Crippen LogP contribution in [0, 0.1) is 16.7 Å². The monoisotopic (exact) mass is 140 g/mol. The van der Waals surface area contributed by atoms with Crippen molar-refractivity contribution in [1.29, 1.82) is 5.26 Å². The van der Waals surface area contributed by atoms with Gasteiger partial charge in [-0.3, -0.25) is 0 Å². The van der Waals surface area contributed by atoms with Crippen molar-refractivity contribution in [3.05, 3.63) is 0 Å². The van der Waals surface area contributed by atoms with E-state index in [1.165, 1.54) is 0 Å². The van der Waals surface area contributed by atoms with Gasteiger partial charge in [0.25, 0.3) is 0 Å². The summed E-state index contributed by atoms with van der Waals surface area (Å²) in [7, 11) is 0. The van der Waals surface area contributed by atoms with Gasteiger partial charge in [0.15, 0.2) is 0 Å². The molecule has 0 aromatic carbocycles. The zero-order valence-corrected chi connectivity index (χ0v) is 7.07. The highest BCUT2D eigenvalue weighted by Crippen LogP contribution is 2.09. The van der Waals surface area contributed by atoms with Gasteiger partial charge >= 0.3 is 0 Å². The number of nitriles is 1. The summed E-state index contributed by atoms with van der Waals surface area (Å²) in [6, 6.07) is 2.24. The highest BCUT2D eigenvalue weighted by molar-refractivity contribution is 4.93. The molecule has 0 fully saturated rings. The van der Waals surface area contributed by atoms with Crippen LogP contribution in [0.4, 0.5) is 0 Å². The lowest BCUT2D eigenvalue weighted by molar-refractivity contribution is 0.446. The minimum absolute atomic E-state index is 0.213. The van der Waals surface area contributed by atoms with Crippen molar-refractivity contribution >= 4 is 0 Å². The molecule has 0 saturated carbocycles. The molecule has 58 valence electrons. The summed E-state index contributed by atoms with van der Waals surface area (Å²) in [5.74, 6) is 0. The van der Waals surface area contributed by atoms with E-state index in [4.69, 9.17) is 5.26 Å². The Kier molecular flexibility index (Phi) is 4.06. The summed E-state index contributed by atoms with van der Waals surface area (Å²) in [4.78, 5) is 0. The molecule has 0 unspecified atom stereocenters. The predicted octanol–water partition coefficient (Wildman–Crippen LogP) is 1.54. The Morgan fingerprint density at radius 3 is 2.50 bits per heavy atom. The molecule has 2 nitrogen and oxygen atoms in total. The second-order valence-corrected chi connectivity index (χ2v) is 3.17. The number of hydrogen-bond donors (Lipinski definition) is 1. The Bertz CT molecular complexity index is 122. The second-order valence-electron chi connectivity index (χ2n) is 3.17. The molecule has 0 aliphatic carbocycles. The maximum atomic E-state index is 8.60. The van der Waals surface area contributed by atoms with Gasteiger partial charge in [-0.05, 0) is 26.8 Å². The quantitative estimate of drug-likeness (QED) is 0.601. The average Bonchev–Trinajstić information content (AvgIpc) is 1.89. The van der Waals surface area contributed by atoms with Crippen LogP contribution < -0.4 is 5.32 Å². The highest BCUT2D eigenvalue weighted by Gasteiger charge is 2.14. The van der Waals surface area contributed by atoms with Crippen LogP contribution in [0.2, 0.25) is 0 Å². The van der Waals surface area contributed by atoms with E-state index < -0.39 is 0 Å². The van der Waals surface area contributed by atoms with Crippen LogP contribution in [0.25, 0.3) is 0 Å². The fourth-order valence-corrected chi connectivity index (χ4v) is 0.617. The van der Waals surface area contributed by atoms with Crippen LogP contribution in [0.15, 0.2) is 0 Å². The van der Waals surface area contributed by atoms with Crippen LogP contribution in [0.3, 0.4) is 0 Å². The van der Waals surface area contributed by atoms with Crippen LogP contribution >= 0.6 is 0 Å². The zero-order chi connectivity index (χ0) is 8.04. The lowest BCUT2D eigenvalue weighted by atomic mass is 9.96. The van der Waals surface area contributed by atoms with Crippen molar-refractivity contribution in [2.45, 2.75) is 27.2 Å². The lowest BCUT2D eigenvalue weighted by Crippen LogP contribution is -2.28. The molecule has 0 spiro atoms. The lowest BCUT2D eigenvalue weighted by Gasteiger charge is -2.14. The maximum absolute atomic E-state index is 8.60. The molecule has 0 radical (unpaired) electrons. The Balaban J connectivity index is 3.40. The van der Waals surface area contributed by atoms with Crippen molar-refractivity contribution in [3.8, 4) is 6.07 Å². The van der Waals surface area contributed by atoms with Crippen LogP contribution in [-0.4, -0.2) is 13.1 Å². The van der Waals surface area contributed by atoms with Gasteiger partial charge < -0.3 is 5.32 Å². The van der Waals surface area contributed by atoms with E-state index in [9.17, 15) is 0 Å². The largest absolute Gasteiger partial charge is 0.315 e. The van der Waals surface area contributed by atoms with Crippen LogP contribution in [-0.2, 0) is 0 Å². The Morgan fingerprint density at radius 1 is 1.50 bits per heavy atom. The van der Waals surface area contributed by atoms with Gasteiger partial charge in [0.1, 0.15) is 0 Å². The third kappa shape index (κ3) is 4.34. The van der Waals surface area contributed by atoms with Gasteiger partial charge in [0, 0.05) is 6.54 Å². The fraction of sp³-hybridized carbons (Fsp3) is 0.875. The molecule has 0 aromatic rings. The summed E-state index contributed by atoms with van der Waals surface area (Å²) < 4.78 is 0. The zero-order valence-electron chi connectivity index (χ0n) is 7.07. The molecule has 0 aliphatic rings. The standard InChI is InChI=1S/C8H16N2/c1-4-5-10-7-8(2,3)6-9/h10H,4-5,7H2,1-3H3.